The van der Waals surface area contributed by atoms with E-state index in [1.807, 2.05) is 19.0 Å². The van der Waals surface area contributed by atoms with Gasteiger partial charge in [0.1, 0.15) is 0 Å². The zero-order valence-electron chi connectivity index (χ0n) is 16.9. The largest absolute Gasteiger partial charge is 0.422 e. The van der Waals surface area contributed by atoms with Crippen LogP contribution in [-0.4, -0.2) is 70.7 Å². The summed E-state index contributed by atoms with van der Waals surface area (Å²) < 4.78 is 115. The number of hydrogen-bond donors (Lipinski definition) is 1. The SMILES string of the molecule is CCl.CN(C)CCCNS(=O)(=O)CCCCC(CC(C)(F)C(F)(F)F)C(F)(F)F. The average molecular weight is 483 g/mol. The van der Waals surface area contributed by atoms with Crippen LogP contribution in [0.4, 0.5) is 30.7 Å². The monoisotopic (exact) mass is 482 g/mol. The normalized spacial score (nSPS) is 16.2. The standard InChI is InChI=1S/C15H27F7N2O2S.CH3Cl/c1-13(16,15(20,21)22)11-12(14(17,18)19)7-4-5-10-27(25,26)23-8-6-9-24(2)3;1-2/h12,23H,4-11H2,1-3H3;1H3. The number of rotatable bonds is 12. The second-order valence-corrected chi connectivity index (χ2v) is 8.93. The Bertz CT molecular complexity index is 538. The molecule has 0 rings (SSSR count). The maximum atomic E-state index is 13.6. The molecule has 4 nitrogen and oxygen atoms in total. The van der Waals surface area contributed by atoms with Gasteiger partial charge in [-0.25, -0.2) is 17.5 Å². The van der Waals surface area contributed by atoms with Crippen LogP contribution in [0.25, 0.3) is 0 Å². The summed E-state index contributed by atoms with van der Waals surface area (Å²) in [6.07, 6.45) is -11.3. The Morgan fingerprint density at radius 3 is 1.90 bits per heavy atom. The van der Waals surface area contributed by atoms with Gasteiger partial charge in [-0.1, -0.05) is 6.42 Å². The van der Waals surface area contributed by atoms with Gasteiger partial charge < -0.3 is 4.90 Å². The van der Waals surface area contributed by atoms with Crippen LogP contribution in [0.1, 0.15) is 39.0 Å². The average Bonchev–Trinajstić information content (AvgIpc) is 2.54. The van der Waals surface area contributed by atoms with Crippen molar-refractivity contribution in [2.75, 3.05) is 39.3 Å². The van der Waals surface area contributed by atoms with Gasteiger partial charge in [0.05, 0.1) is 11.7 Å². The van der Waals surface area contributed by atoms with E-state index in [2.05, 4.69) is 16.3 Å². The van der Waals surface area contributed by atoms with Gasteiger partial charge in [-0.05, 0) is 46.8 Å². The number of halogens is 8. The molecular formula is C16H30ClF7N2O2S. The van der Waals surface area contributed by atoms with Crippen LogP contribution in [0.15, 0.2) is 0 Å². The summed E-state index contributed by atoms with van der Waals surface area (Å²) in [5.74, 6) is -2.93. The first-order valence-electron chi connectivity index (χ1n) is 8.80. The molecular weight excluding hydrogens is 453 g/mol. The molecule has 0 aromatic carbocycles. The molecule has 0 saturated heterocycles. The van der Waals surface area contributed by atoms with Gasteiger partial charge in [-0.3, -0.25) is 0 Å². The summed E-state index contributed by atoms with van der Waals surface area (Å²) in [6.45, 7) is 0.905. The van der Waals surface area contributed by atoms with Crippen molar-refractivity contribution in [1.82, 2.24) is 9.62 Å². The lowest BCUT2D eigenvalue weighted by Gasteiger charge is -2.29. The minimum atomic E-state index is -5.41. The third-order valence-corrected chi connectivity index (χ3v) is 5.47. The topological polar surface area (TPSA) is 49.4 Å². The van der Waals surface area contributed by atoms with Crippen LogP contribution in [0, 0.1) is 5.92 Å². The van der Waals surface area contributed by atoms with Crippen LogP contribution < -0.4 is 4.72 Å². The predicted molar refractivity (Wildman–Crippen MR) is 100 cm³/mol. The third kappa shape index (κ3) is 14.3. The zero-order valence-corrected chi connectivity index (χ0v) is 18.5. The van der Waals surface area contributed by atoms with Crippen molar-refractivity contribution in [2.45, 2.75) is 57.0 Å². The van der Waals surface area contributed by atoms with Gasteiger partial charge in [-0.15, -0.1) is 11.6 Å². The second-order valence-electron chi connectivity index (χ2n) is 7.00. The quantitative estimate of drug-likeness (QED) is 0.248. The van der Waals surface area contributed by atoms with E-state index in [0.717, 1.165) is 0 Å². The highest BCUT2D eigenvalue weighted by molar-refractivity contribution is 7.89. The van der Waals surface area contributed by atoms with Crippen molar-refractivity contribution >= 4 is 21.6 Å². The van der Waals surface area contributed by atoms with E-state index < -0.39 is 52.6 Å². The Kier molecular flexibility index (Phi) is 14.0. The summed E-state index contributed by atoms with van der Waals surface area (Å²) >= 11 is 4.64. The Balaban J connectivity index is 0. The smallest absolute Gasteiger partial charge is 0.309 e. The number of nitrogens with one attached hydrogen (secondary N) is 1. The highest BCUT2D eigenvalue weighted by atomic mass is 35.5. The van der Waals surface area contributed by atoms with Crippen LogP contribution in [-0.2, 0) is 10.0 Å². The molecule has 0 aliphatic carbocycles. The molecule has 0 aliphatic heterocycles. The molecule has 29 heavy (non-hydrogen) atoms. The summed E-state index contributed by atoms with van der Waals surface area (Å²) in [4.78, 5) is 1.85. The number of nitrogens with zero attached hydrogens (tertiary/aromatic N) is 1. The summed E-state index contributed by atoms with van der Waals surface area (Å²) in [7, 11) is -0.0506. The predicted octanol–water partition coefficient (Wildman–Crippen LogP) is 4.74. The van der Waals surface area contributed by atoms with Crippen molar-refractivity contribution in [3.63, 3.8) is 0 Å². The van der Waals surface area contributed by atoms with Crippen LogP contribution in [0.3, 0.4) is 0 Å². The molecule has 178 valence electrons. The molecule has 0 saturated carbocycles. The molecule has 1 N–H and O–H groups in total. The molecule has 0 amide bonds. The minimum Gasteiger partial charge on any atom is -0.309 e. The first-order valence-corrected chi connectivity index (χ1v) is 11.2. The number of alkyl halides is 8. The third-order valence-electron chi connectivity index (χ3n) is 4.00. The van der Waals surface area contributed by atoms with E-state index in [1.165, 1.54) is 6.38 Å². The fourth-order valence-corrected chi connectivity index (χ4v) is 3.52. The van der Waals surface area contributed by atoms with Crippen molar-refractivity contribution in [1.29, 1.82) is 0 Å². The van der Waals surface area contributed by atoms with E-state index in [-0.39, 0.29) is 26.3 Å². The zero-order chi connectivity index (χ0) is 23.5. The fraction of sp³-hybridized carbons (Fsp3) is 1.00. The molecule has 0 aliphatic rings. The molecule has 0 radical (unpaired) electrons. The lowest BCUT2D eigenvalue weighted by atomic mass is 9.88. The van der Waals surface area contributed by atoms with Crippen LogP contribution in [0.2, 0.25) is 0 Å². The van der Waals surface area contributed by atoms with Crippen molar-refractivity contribution in [3.05, 3.63) is 0 Å². The van der Waals surface area contributed by atoms with Crippen molar-refractivity contribution in [2.24, 2.45) is 5.92 Å². The lowest BCUT2D eigenvalue weighted by molar-refractivity contribution is -0.248. The van der Waals surface area contributed by atoms with Gasteiger partial charge in [0.15, 0.2) is 0 Å². The Morgan fingerprint density at radius 2 is 1.48 bits per heavy atom. The van der Waals surface area contributed by atoms with Crippen LogP contribution >= 0.6 is 11.6 Å². The second kappa shape index (κ2) is 13.2. The molecule has 0 heterocycles. The molecule has 0 bridgehead atoms. The molecule has 2 atom stereocenters. The maximum Gasteiger partial charge on any atom is 0.422 e. The van der Waals surface area contributed by atoms with E-state index in [4.69, 9.17) is 0 Å². The first-order chi connectivity index (χ1) is 13.0. The molecule has 0 spiro atoms. The summed E-state index contributed by atoms with van der Waals surface area (Å²) in [6, 6.07) is 0. The number of unbranched alkanes of at least 4 members (excludes halogenated alkanes) is 1. The molecule has 0 aromatic rings. The molecule has 0 aromatic heterocycles. The van der Waals surface area contributed by atoms with E-state index >= 15 is 0 Å². The fourth-order valence-electron chi connectivity index (χ4n) is 2.34. The molecule has 0 fully saturated rings. The van der Waals surface area contributed by atoms with Gasteiger partial charge >= 0.3 is 12.4 Å². The van der Waals surface area contributed by atoms with Crippen LogP contribution in [0.5, 0.6) is 0 Å². The number of sulfonamides is 1. The van der Waals surface area contributed by atoms with E-state index in [1.54, 1.807) is 0 Å². The molecule has 13 heteroatoms. The first kappa shape index (κ1) is 30.9. The van der Waals surface area contributed by atoms with Crippen molar-refractivity contribution < 1.29 is 39.2 Å². The minimum absolute atomic E-state index is 0.0772. The Labute approximate surface area is 173 Å². The van der Waals surface area contributed by atoms with Gasteiger partial charge in [0.2, 0.25) is 15.7 Å². The molecule has 2 unspecified atom stereocenters. The number of hydrogen-bond acceptors (Lipinski definition) is 3. The highest BCUT2D eigenvalue weighted by Gasteiger charge is 2.56. The summed E-state index contributed by atoms with van der Waals surface area (Å²) in [5.41, 5.74) is -3.97. The Morgan fingerprint density at radius 1 is 0.966 bits per heavy atom. The van der Waals surface area contributed by atoms with E-state index in [9.17, 15) is 39.2 Å². The summed E-state index contributed by atoms with van der Waals surface area (Å²) in [5, 5.41) is 0. The lowest BCUT2D eigenvalue weighted by Crippen LogP contribution is -2.42. The highest BCUT2D eigenvalue weighted by Crippen LogP contribution is 2.44. The maximum absolute atomic E-state index is 13.6. The Hall–Kier alpha value is -0.330. The van der Waals surface area contributed by atoms with Gasteiger partial charge in [0.25, 0.3) is 0 Å². The van der Waals surface area contributed by atoms with E-state index in [0.29, 0.717) is 13.0 Å². The van der Waals surface area contributed by atoms with Gasteiger partial charge in [-0.2, -0.15) is 26.3 Å². The van der Waals surface area contributed by atoms with Crippen molar-refractivity contribution in [3.8, 4) is 0 Å². The van der Waals surface area contributed by atoms with Gasteiger partial charge in [0, 0.05) is 19.3 Å².